The molecule has 1 fully saturated rings. The van der Waals surface area contributed by atoms with Gasteiger partial charge in [0.2, 0.25) is 0 Å². The van der Waals surface area contributed by atoms with Crippen LogP contribution in [0.1, 0.15) is 25.7 Å². The van der Waals surface area contributed by atoms with E-state index in [1.54, 1.807) is 7.11 Å². The Morgan fingerprint density at radius 1 is 1.10 bits per heavy atom. The van der Waals surface area contributed by atoms with Crippen molar-refractivity contribution in [3.8, 4) is 11.5 Å². The van der Waals surface area contributed by atoms with Gasteiger partial charge in [-0.05, 0) is 37.4 Å². The predicted octanol–water partition coefficient (Wildman–Crippen LogP) is 2.61. The third-order valence-corrected chi connectivity index (χ3v) is 3.88. The molecule has 112 valence electrons. The van der Waals surface area contributed by atoms with E-state index in [0.29, 0.717) is 25.2 Å². The molecule has 0 saturated heterocycles. The molecule has 0 radical (unpaired) electrons. The van der Waals surface area contributed by atoms with E-state index in [9.17, 15) is 0 Å². The molecule has 0 aromatic heterocycles. The average molecular weight is 279 g/mol. The molecule has 0 amide bonds. The Morgan fingerprint density at radius 2 is 1.85 bits per heavy atom. The van der Waals surface area contributed by atoms with Crippen LogP contribution in [0.3, 0.4) is 0 Å². The number of benzene rings is 1. The normalized spacial score (nSPS) is 22.5. The first-order valence-electron chi connectivity index (χ1n) is 7.42. The highest BCUT2D eigenvalue weighted by molar-refractivity contribution is 5.39. The molecule has 2 N–H and O–H groups in total. The zero-order valence-electron chi connectivity index (χ0n) is 12.2. The molecule has 1 saturated carbocycles. The number of nitrogens with two attached hydrogens (primary N) is 1. The van der Waals surface area contributed by atoms with Crippen molar-refractivity contribution in [3.05, 3.63) is 24.3 Å². The van der Waals surface area contributed by atoms with Crippen molar-refractivity contribution in [3.63, 3.8) is 0 Å². The highest BCUT2D eigenvalue weighted by atomic mass is 16.5. The summed E-state index contributed by atoms with van der Waals surface area (Å²) in [5.41, 5.74) is 5.80. The van der Waals surface area contributed by atoms with Crippen LogP contribution in [0, 0.1) is 5.92 Å². The highest BCUT2D eigenvalue weighted by Crippen LogP contribution is 2.27. The first kappa shape index (κ1) is 15.1. The van der Waals surface area contributed by atoms with E-state index in [-0.39, 0.29) is 0 Å². The standard InChI is InChI=1S/C16H25NO3/c1-18-15-8-4-5-9-16(15)20-11-10-19-14-7-3-2-6-13(14)12-17/h4-5,8-9,13-14H,2-3,6-7,10-12,17H2,1H3. The van der Waals surface area contributed by atoms with Gasteiger partial charge in [0.1, 0.15) is 6.61 Å². The molecule has 2 atom stereocenters. The minimum absolute atomic E-state index is 0.301. The Morgan fingerprint density at radius 3 is 2.60 bits per heavy atom. The molecule has 2 unspecified atom stereocenters. The zero-order valence-corrected chi connectivity index (χ0v) is 12.2. The predicted molar refractivity (Wildman–Crippen MR) is 79.2 cm³/mol. The van der Waals surface area contributed by atoms with Crippen LogP contribution in [0.4, 0.5) is 0 Å². The van der Waals surface area contributed by atoms with E-state index in [1.165, 1.54) is 19.3 Å². The average Bonchev–Trinajstić information content (AvgIpc) is 2.52. The summed E-state index contributed by atoms with van der Waals surface area (Å²) in [5.74, 6) is 2.03. The van der Waals surface area contributed by atoms with E-state index in [4.69, 9.17) is 19.9 Å². The lowest BCUT2D eigenvalue weighted by atomic mass is 9.86. The number of ether oxygens (including phenoxy) is 3. The third kappa shape index (κ3) is 4.12. The van der Waals surface area contributed by atoms with Gasteiger partial charge in [0.25, 0.3) is 0 Å². The zero-order chi connectivity index (χ0) is 14.2. The molecule has 0 bridgehead atoms. The third-order valence-electron chi connectivity index (χ3n) is 3.88. The molecule has 0 spiro atoms. The van der Waals surface area contributed by atoms with E-state index in [1.807, 2.05) is 24.3 Å². The highest BCUT2D eigenvalue weighted by Gasteiger charge is 2.24. The Labute approximate surface area is 121 Å². The molecule has 4 heteroatoms. The largest absolute Gasteiger partial charge is 0.493 e. The second kappa shape index (κ2) is 8.12. The van der Waals surface area contributed by atoms with Crippen LogP contribution >= 0.6 is 0 Å². The van der Waals surface area contributed by atoms with Gasteiger partial charge in [0.05, 0.1) is 19.8 Å². The van der Waals surface area contributed by atoms with Crippen molar-refractivity contribution in [1.82, 2.24) is 0 Å². The second-order valence-electron chi connectivity index (χ2n) is 5.19. The van der Waals surface area contributed by atoms with Crippen LogP contribution in [0.5, 0.6) is 11.5 Å². The summed E-state index contributed by atoms with van der Waals surface area (Å²) in [4.78, 5) is 0. The van der Waals surface area contributed by atoms with Crippen molar-refractivity contribution in [2.45, 2.75) is 31.8 Å². The molecule has 2 rings (SSSR count). The van der Waals surface area contributed by atoms with E-state index >= 15 is 0 Å². The van der Waals surface area contributed by atoms with Crippen molar-refractivity contribution in [2.24, 2.45) is 11.7 Å². The van der Waals surface area contributed by atoms with E-state index < -0.39 is 0 Å². The number of methoxy groups -OCH3 is 1. The molecule has 1 aliphatic rings. The molecule has 4 nitrogen and oxygen atoms in total. The molecule has 20 heavy (non-hydrogen) atoms. The van der Waals surface area contributed by atoms with Gasteiger partial charge in [0, 0.05) is 0 Å². The van der Waals surface area contributed by atoms with Gasteiger partial charge in [-0.25, -0.2) is 0 Å². The molecular formula is C16H25NO3. The summed E-state index contributed by atoms with van der Waals surface area (Å²) < 4.78 is 16.9. The van der Waals surface area contributed by atoms with Crippen molar-refractivity contribution < 1.29 is 14.2 Å². The van der Waals surface area contributed by atoms with E-state index in [2.05, 4.69) is 0 Å². The Bertz CT molecular complexity index is 397. The van der Waals surface area contributed by atoms with Gasteiger partial charge < -0.3 is 19.9 Å². The van der Waals surface area contributed by atoms with Crippen molar-refractivity contribution in [2.75, 3.05) is 26.9 Å². The maximum atomic E-state index is 5.94. The van der Waals surface area contributed by atoms with Gasteiger partial charge in [-0.2, -0.15) is 0 Å². The number of hydrogen-bond acceptors (Lipinski definition) is 4. The summed E-state index contributed by atoms with van der Waals surface area (Å²) in [6.45, 7) is 1.85. The number of hydrogen-bond donors (Lipinski definition) is 1. The maximum absolute atomic E-state index is 5.94. The lowest BCUT2D eigenvalue weighted by Gasteiger charge is -2.30. The van der Waals surface area contributed by atoms with Crippen LogP contribution < -0.4 is 15.2 Å². The lowest BCUT2D eigenvalue weighted by Crippen LogP contribution is -2.34. The molecule has 1 aliphatic carbocycles. The molecular weight excluding hydrogens is 254 g/mol. The fraction of sp³-hybridized carbons (Fsp3) is 0.625. The quantitative estimate of drug-likeness (QED) is 0.780. The maximum Gasteiger partial charge on any atom is 0.161 e. The van der Waals surface area contributed by atoms with Gasteiger partial charge in [-0.1, -0.05) is 25.0 Å². The summed E-state index contributed by atoms with van der Waals surface area (Å²) in [5, 5.41) is 0. The topological polar surface area (TPSA) is 53.7 Å². The van der Waals surface area contributed by atoms with Crippen LogP contribution in [0.25, 0.3) is 0 Å². The minimum atomic E-state index is 0.301. The van der Waals surface area contributed by atoms with Crippen molar-refractivity contribution >= 4 is 0 Å². The molecule has 0 heterocycles. The fourth-order valence-electron chi connectivity index (χ4n) is 2.75. The van der Waals surface area contributed by atoms with E-state index in [0.717, 1.165) is 24.5 Å². The minimum Gasteiger partial charge on any atom is -0.493 e. The lowest BCUT2D eigenvalue weighted by molar-refractivity contribution is -0.0194. The smallest absolute Gasteiger partial charge is 0.161 e. The second-order valence-corrected chi connectivity index (χ2v) is 5.19. The van der Waals surface area contributed by atoms with Crippen LogP contribution in [-0.4, -0.2) is 33.0 Å². The van der Waals surface area contributed by atoms with Gasteiger partial charge >= 0.3 is 0 Å². The Kier molecular flexibility index (Phi) is 6.15. The number of rotatable bonds is 7. The van der Waals surface area contributed by atoms with Crippen LogP contribution in [-0.2, 0) is 4.74 Å². The first-order chi connectivity index (χ1) is 9.85. The van der Waals surface area contributed by atoms with Gasteiger partial charge in [-0.15, -0.1) is 0 Å². The molecule has 1 aromatic carbocycles. The molecule has 0 aliphatic heterocycles. The summed E-state index contributed by atoms with van der Waals surface area (Å²) in [6.07, 6.45) is 5.13. The molecule has 1 aromatic rings. The summed E-state index contributed by atoms with van der Waals surface area (Å²) in [7, 11) is 1.65. The van der Waals surface area contributed by atoms with Crippen LogP contribution in [0.2, 0.25) is 0 Å². The van der Waals surface area contributed by atoms with Crippen molar-refractivity contribution in [1.29, 1.82) is 0 Å². The first-order valence-corrected chi connectivity index (χ1v) is 7.42. The number of para-hydroxylation sites is 2. The Balaban J connectivity index is 1.73. The summed E-state index contributed by atoms with van der Waals surface area (Å²) >= 11 is 0. The van der Waals surface area contributed by atoms with Gasteiger partial charge in [0.15, 0.2) is 11.5 Å². The van der Waals surface area contributed by atoms with Crippen LogP contribution in [0.15, 0.2) is 24.3 Å². The SMILES string of the molecule is COc1ccccc1OCCOC1CCCCC1CN. The fourth-order valence-corrected chi connectivity index (χ4v) is 2.75. The summed E-state index contributed by atoms with van der Waals surface area (Å²) in [6, 6.07) is 7.66. The Hall–Kier alpha value is -1.26. The van der Waals surface area contributed by atoms with Gasteiger partial charge in [-0.3, -0.25) is 0 Å². The monoisotopic (exact) mass is 279 g/mol.